The highest BCUT2D eigenvalue weighted by Crippen LogP contribution is 2.23. The third-order valence-corrected chi connectivity index (χ3v) is 3.14. The molecule has 5 nitrogen and oxygen atoms in total. The molecule has 0 spiro atoms. The predicted octanol–water partition coefficient (Wildman–Crippen LogP) is -0.0533. The maximum Gasteiger partial charge on any atom is 0.176 e. The van der Waals surface area contributed by atoms with Gasteiger partial charge in [-0.05, 0) is 5.56 Å². The summed E-state index contributed by atoms with van der Waals surface area (Å²) in [7, 11) is 0. The maximum absolute atomic E-state index is 13.7. The van der Waals surface area contributed by atoms with Crippen LogP contribution in [-0.4, -0.2) is 47.5 Å². The van der Waals surface area contributed by atoms with Crippen LogP contribution in [0.4, 0.5) is 4.39 Å². The van der Waals surface area contributed by atoms with Crippen molar-refractivity contribution in [2.75, 3.05) is 6.61 Å². The third kappa shape index (κ3) is 3.29. The van der Waals surface area contributed by atoms with Crippen molar-refractivity contribution in [3.8, 4) is 0 Å². The normalized spacial score (nSPS) is 35.3. The van der Waals surface area contributed by atoms with E-state index in [0.29, 0.717) is 0 Å². The number of aliphatic hydroxyl groups excluding tert-OH is 2. The van der Waals surface area contributed by atoms with E-state index in [4.69, 9.17) is 20.3 Å². The molecule has 0 bridgehead atoms. The Kier molecular flexibility index (Phi) is 4.84. The van der Waals surface area contributed by atoms with Gasteiger partial charge in [0.1, 0.15) is 18.4 Å². The first kappa shape index (κ1) is 14.4. The molecule has 0 amide bonds. The molecule has 19 heavy (non-hydrogen) atoms. The first-order valence-electron chi connectivity index (χ1n) is 6.13. The topological polar surface area (TPSA) is 84.9 Å². The van der Waals surface area contributed by atoms with Crippen molar-refractivity contribution in [3.05, 3.63) is 35.9 Å². The molecule has 0 saturated carbocycles. The molecule has 0 aromatic heterocycles. The number of benzene rings is 1. The molecular formula is C13H18FNO4. The molecule has 6 heteroatoms. The number of nitrogens with two attached hydrogens (primary N) is 1. The summed E-state index contributed by atoms with van der Waals surface area (Å²) in [4.78, 5) is 0. The average molecular weight is 271 g/mol. The van der Waals surface area contributed by atoms with Crippen molar-refractivity contribution >= 4 is 0 Å². The summed E-state index contributed by atoms with van der Waals surface area (Å²) >= 11 is 0. The molecular weight excluding hydrogens is 253 g/mol. The number of hydrogen-bond acceptors (Lipinski definition) is 5. The van der Waals surface area contributed by atoms with Crippen LogP contribution >= 0.6 is 0 Å². The molecule has 4 N–H and O–H groups in total. The fourth-order valence-electron chi connectivity index (χ4n) is 1.98. The lowest BCUT2D eigenvalue weighted by Gasteiger charge is -2.39. The van der Waals surface area contributed by atoms with Crippen LogP contribution in [0.15, 0.2) is 30.3 Å². The first-order valence-corrected chi connectivity index (χ1v) is 6.13. The predicted molar refractivity (Wildman–Crippen MR) is 65.9 cm³/mol. The summed E-state index contributed by atoms with van der Waals surface area (Å²) < 4.78 is 24.4. The van der Waals surface area contributed by atoms with Crippen LogP contribution < -0.4 is 5.73 Å². The monoisotopic (exact) mass is 271 g/mol. The minimum Gasteiger partial charge on any atom is -0.394 e. The fourth-order valence-corrected chi connectivity index (χ4v) is 1.98. The Morgan fingerprint density at radius 2 is 2.00 bits per heavy atom. The van der Waals surface area contributed by atoms with Crippen LogP contribution in [0.1, 0.15) is 5.56 Å². The summed E-state index contributed by atoms with van der Waals surface area (Å²) in [6, 6.07) is 8.24. The SMILES string of the molecule is N[C@H]1C(OCc2ccccc2)O[C@H](CO)[C@@H](O)[C@H]1F. The number of aliphatic hydroxyl groups is 2. The van der Waals surface area contributed by atoms with Crippen molar-refractivity contribution < 1.29 is 24.1 Å². The van der Waals surface area contributed by atoms with Crippen molar-refractivity contribution in [3.63, 3.8) is 0 Å². The van der Waals surface area contributed by atoms with Gasteiger partial charge >= 0.3 is 0 Å². The van der Waals surface area contributed by atoms with E-state index in [-0.39, 0.29) is 6.61 Å². The van der Waals surface area contributed by atoms with Gasteiger partial charge in [0.15, 0.2) is 6.29 Å². The van der Waals surface area contributed by atoms with Crippen LogP contribution in [-0.2, 0) is 16.1 Å². The number of hydrogen-bond donors (Lipinski definition) is 3. The highest BCUT2D eigenvalue weighted by atomic mass is 19.1. The molecule has 2 rings (SSSR count). The van der Waals surface area contributed by atoms with Gasteiger partial charge in [0.05, 0.1) is 19.3 Å². The number of halogens is 1. The molecule has 0 aliphatic carbocycles. The number of alkyl halides is 1. The zero-order valence-corrected chi connectivity index (χ0v) is 10.4. The smallest absolute Gasteiger partial charge is 0.176 e. The molecule has 1 aliphatic heterocycles. The van der Waals surface area contributed by atoms with E-state index in [1.54, 1.807) is 0 Å². The van der Waals surface area contributed by atoms with Crippen molar-refractivity contribution in [2.45, 2.75) is 37.3 Å². The van der Waals surface area contributed by atoms with Gasteiger partial charge in [-0.15, -0.1) is 0 Å². The second-order valence-electron chi connectivity index (χ2n) is 4.53. The lowest BCUT2D eigenvalue weighted by Crippen LogP contribution is -2.60. The maximum atomic E-state index is 13.7. The Morgan fingerprint density at radius 1 is 1.32 bits per heavy atom. The molecule has 1 aromatic carbocycles. The largest absolute Gasteiger partial charge is 0.394 e. The Hall–Kier alpha value is -1.05. The summed E-state index contributed by atoms with van der Waals surface area (Å²) in [5, 5.41) is 18.5. The minimum absolute atomic E-state index is 0.222. The molecule has 1 aromatic rings. The molecule has 1 heterocycles. The minimum atomic E-state index is -1.69. The summed E-state index contributed by atoms with van der Waals surface area (Å²) in [6.45, 7) is -0.264. The molecule has 1 saturated heterocycles. The molecule has 1 fully saturated rings. The standard InChI is InChI=1S/C13H18FNO4/c14-10-11(15)13(19-9(6-16)12(10)17)18-7-8-4-2-1-3-5-8/h1-5,9-13,16-17H,6-7,15H2/t9-,10+,11-,12-,13?/m1/s1. The Morgan fingerprint density at radius 3 is 2.63 bits per heavy atom. The van der Waals surface area contributed by atoms with Crippen molar-refractivity contribution in [1.82, 2.24) is 0 Å². The number of ether oxygens (including phenoxy) is 2. The van der Waals surface area contributed by atoms with Crippen molar-refractivity contribution in [2.24, 2.45) is 5.73 Å². The zero-order valence-electron chi connectivity index (χ0n) is 10.4. The van der Waals surface area contributed by atoms with E-state index in [1.165, 1.54) is 0 Å². The van der Waals surface area contributed by atoms with Crippen LogP contribution in [0.2, 0.25) is 0 Å². The number of rotatable bonds is 4. The van der Waals surface area contributed by atoms with E-state index in [0.717, 1.165) is 5.56 Å². The lowest BCUT2D eigenvalue weighted by atomic mass is 9.99. The van der Waals surface area contributed by atoms with Crippen molar-refractivity contribution in [1.29, 1.82) is 0 Å². The highest BCUT2D eigenvalue weighted by molar-refractivity contribution is 5.13. The van der Waals surface area contributed by atoms with Crippen LogP contribution in [0.3, 0.4) is 0 Å². The summed E-state index contributed by atoms with van der Waals surface area (Å²) in [5.74, 6) is 0. The molecule has 1 aliphatic rings. The fraction of sp³-hybridized carbons (Fsp3) is 0.538. The van der Waals surface area contributed by atoms with Crippen LogP contribution in [0.5, 0.6) is 0 Å². The van der Waals surface area contributed by atoms with Gasteiger partial charge in [0, 0.05) is 0 Å². The van der Waals surface area contributed by atoms with Gasteiger partial charge in [-0.3, -0.25) is 0 Å². The third-order valence-electron chi connectivity index (χ3n) is 3.14. The molecule has 1 unspecified atom stereocenters. The first-order chi connectivity index (χ1) is 9.13. The Bertz CT molecular complexity index is 389. The van der Waals surface area contributed by atoms with Crippen LogP contribution in [0, 0.1) is 0 Å². The van der Waals surface area contributed by atoms with Gasteiger partial charge in [0.25, 0.3) is 0 Å². The lowest BCUT2D eigenvalue weighted by molar-refractivity contribution is -0.259. The van der Waals surface area contributed by atoms with E-state index < -0.39 is 37.3 Å². The van der Waals surface area contributed by atoms with E-state index in [2.05, 4.69) is 0 Å². The molecule has 0 radical (unpaired) electrons. The van der Waals surface area contributed by atoms with Gasteiger partial charge in [-0.1, -0.05) is 30.3 Å². The second-order valence-corrected chi connectivity index (χ2v) is 4.53. The molecule has 106 valence electrons. The van der Waals surface area contributed by atoms with E-state index in [1.807, 2.05) is 30.3 Å². The summed E-state index contributed by atoms with van der Waals surface area (Å²) in [6.07, 6.45) is -5.13. The van der Waals surface area contributed by atoms with Gasteiger partial charge in [-0.2, -0.15) is 0 Å². The second kappa shape index (κ2) is 6.40. The zero-order chi connectivity index (χ0) is 13.8. The summed E-state index contributed by atoms with van der Waals surface area (Å²) in [5.41, 5.74) is 6.53. The van der Waals surface area contributed by atoms with E-state index >= 15 is 0 Å². The van der Waals surface area contributed by atoms with Gasteiger partial charge in [-0.25, -0.2) is 4.39 Å². The van der Waals surface area contributed by atoms with Gasteiger partial charge in [0.2, 0.25) is 0 Å². The van der Waals surface area contributed by atoms with Gasteiger partial charge < -0.3 is 25.4 Å². The Labute approximate surface area is 110 Å². The van der Waals surface area contributed by atoms with E-state index in [9.17, 15) is 9.50 Å². The molecule has 5 atom stereocenters. The highest BCUT2D eigenvalue weighted by Gasteiger charge is 2.44. The Balaban J connectivity index is 1.95. The average Bonchev–Trinajstić information content (AvgIpc) is 2.45. The quantitative estimate of drug-likeness (QED) is 0.715. The van der Waals surface area contributed by atoms with Crippen LogP contribution in [0.25, 0.3) is 0 Å².